The van der Waals surface area contributed by atoms with Gasteiger partial charge in [-0.25, -0.2) is 0 Å². The minimum Gasteiger partial charge on any atom is -0.384 e. The van der Waals surface area contributed by atoms with Gasteiger partial charge >= 0.3 is 0 Å². The van der Waals surface area contributed by atoms with Crippen LogP contribution in [-0.4, -0.2) is 6.54 Å². The van der Waals surface area contributed by atoms with Crippen molar-refractivity contribution in [2.45, 2.75) is 19.3 Å². The summed E-state index contributed by atoms with van der Waals surface area (Å²) in [5.74, 6) is 0. The van der Waals surface area contributed by atoms with Crippen molar-refractivity contribution in [1.29, 1.82) is 0 Å². The number of halogens is 2. The highest BCUT2D eigenvalue weighted by molar-refractivity contribution is 14.1. The van der Waals surface area contributed by atoms with Crippen LogP contribution in [0.2, 0.25) is 0 Å². The molecule has 1 nitrogen and oxygen atoms in total. The Hall–Kier alpha value is 0.0400. The van der Waals surface area contributed by atoms with Gasteiger partial charge < -0.3 is 5.32 Å². The van der Waals surface area contributed by atoms with Crippen molar-refractivity contribution in [2.24, 2.45) is 0 Å². The molecule has 1 N–H and O–H groups in total. The molecule has 3 heteroatoms. The molecule has 1 aromatic carbocycles. The molecular weight excluding hydrogens is 296 g/mol. The van der Waals surface area contributed by atoms with Crippen LogP contribution < -0.4 is 5.32 Å². The van der Waals surface area contributed by atoms with E-state index in [2.05, 4.69) is 60.0 Å². The molecule has 0 aromatic heterocycles. The first-order valence-electron chi connectivity index (χ1n) is 4.13. The highest BCUT2D eigenvalue weighted by Gasteiger charge is 2.29. The third-order valence-electron chi connectivity index (χ3n) is 2.43. The molecule has 1 heterocycles. The summed E-state index contributed by atoms with van der Waals surface area (Å²) < 4.78 is 1.32. The van der Waals surface area contributed by atoms with Crippen LogP contribution >= 0.6 is 35.0 Å². The molecule has 2 rings (SSSR count). The smallest absolute Gasteiger partial charge is 0.0379 e. The predicted octanol–water partition coefficient (Wildman–Crippen LogP) is 3.42. The van der Waals surface area contributed by atoms with Crippen molar-refractivity contribution in [2.75, 3.05) is 11.9 Å². The van der Waals surface area contributed by atoms with Crippen LogP contribution in [0.4, 0.5) is 5.69 Å². The lowest BCUT2D eigenvalue weighted by molar-refractivity contribution is 0.586. The van der Waals surface area contributed by atoms with Crippen LogP contribution in [0.1, 0.15) is 19.4 Å². The molecule has 0 saturated heterocycles. The first-order valence-corrected chi connectivity index (χ1v) is 5.21. The lowest BCUT2D eigenvalue weighted by Crippen LogP contribution is -2.18. The fourth-order valence-electron chi connectivity index (χ4n) is 1.64. The van der Waals surface area contributed by atoms with Gasteiger partial charge in [-0.2, -0.15) is 0 Å². The zero-order valence-electron chi connectivity index (χ0n) is 7.73. The van der Waals surface area contributed by atoms with Crippen molar-refractivity contribution in [1.82, 2.24) is 0 Å². The van der Waals surface area contributed by atoms with Crippen molar-refractivity contribution in [3.05, 3.63) is 27.3 Å². The van der Waals surface area contributed by atoms with E-state index in [9.17, 15) is 0 Å². The first kappa shape index (κ1) is 11.1. The Labute approximate surface area is 98.9 Å². The molecule has 1 aromatic rings. The van der Waals surface area contributed by atoms with Gasteiger partial charge in [-0.15, -0.1) is 12.4 Å². The summed E-state index contributed by atoms with van der Waals surface area (Å²) in [7, 11) is 0. The maximum absolute atomic E-state index is 3.41. The molecule has 13 heavy (non-hydrogen) atoms. The van der Waals surface area contributed by atoms with Gasteiger partial charge in [0, 0.05) is 21.2 Å². The highest BCUT2D eigenvalue weighted by atomic mass is 127. The molecule has 0 bridgehead atoms. The zero-order valence-corrected chi connectivity index (χ0v) is 10.7. The standard InChI is InChI=1S/C10H12IN.ClH/c1-10(2)6-12-9-4-3-7(11)5-8(9)10;/h3-5,12H,6H2,1-2H3;1H. The van der Waals surface area contributed by atoms with Crippen molar-refractivity contribution < 1.29 is 0 Å². The second-order valence-corrected chi connectivity index (χ2v) is 5.17. The molecule has 0 aliphatic carbocycles. The summed E-state index contributed by atoms with van der Waals surface area (Å²) in [6.45, 7) is 5.62. The largest absolute Gasteiger partial charge is 0.384 e. The van der Waals surface area contributed by atoms with Crippen molar-refractivity contribution in [3.8, 4) is 0 Å². The molecule has 0 fully saturated rings. The molecule has 0 saturated carbocycles. The molecule has 0 amide bonds. The number of hydrogen-bond donors (Lipinski definition) is 1. The summed E-state index contributed by atoms with van der Waals surface area (Å²) in [6.07, 6.45) is 0. The Morgan fingerprint density at radius 3 is 2.77 bits per heavy atom. The zero-order chi connectivity index (χ0) is 8.77. The highest BCUT2D eigenvalue weighted by Crippen LogP contribution is 2.36. The fraction of sp³-hybridized carbons (Fsp3) is 0.400. The Morgan fingerprint density at radius 2 is 2.08 bits per heavy atom. The monoisotopic (exact) mass is 309 g/mol. The summed E-state index contributed by atoms with van der Waals surface area (Å²) in [5.41, 5.74) is 3.06. The van der Waals surface area contributed by atoms with Crippen LogP contribution in [0.15, 0.2) is 18.2 Å². The van der Waals surface area contributed by atoms with Gasteiger partial charge in [0.1, 0.15) is 0 Å². The topological polar surface area (TPSA) is 12.0 Å². The van der Waals surface area contributed by atoms with Gasteiger partial charge in [0.2, 0.25) is 0 Å². The van der Waals surface area contributed by atoms with Crippen LogP contribution in [0, 0.1) is 3.57 Å². The summed E-state index contributed by atoms with van der Waals surface area (Å²) >= 11 is 2.36. The molecule has 0 atom stereocenters. The number of rotatable bonds is 0. The minimum atomic E-state index is 0. The quantitative estimate of drug-likeness (QED) is 0.724. The van der Waals surface area contributed by atoms with Crippen LogP contribution in [0.25, 0.3) is 0 Å². The van der Waals surface area contributed by atoms with E-state index in [4.69, 9.17) is 0 Å². The number of benzene rings is 1. The first-order chi connectivity index (χ1) is 5.59. The fourth-order valence-corrected chi connectivity index (χ4v) is 2.13. The van der Waals surface area contributed by atoms with E-state index in [1.165, 1.54) is 14.8 Å². The second-order valence-electron chi connectivity index (χ2n) is 3.93. The van der Waals surface area contributed by atoms with Crippen molar-refractivity contribution >= 4 is 40.7 Å². The van der Waals surface area contributed by atoms with Gasteiger partial charge in [-0.1, -0.05) is 13.8 Å². The molecule has 1 aliphatic rings. The van der Waals surface area contributed by atoms with E-state index in [1.807, 2.05) is 0 Å². The molecule has 72 valence electrons. The number of hydrogen-bond acceptors (Lipinski definition) is 1. The van der Waals surface area contributed by atoms with E-state index < -0.39 is 0 Å². The average Bonchev–Trinajstić information content (AvgIpc) is 2.28. The molecule has 0 unspecified atom stereocenters. The van der Waals surface area contributed by atoms with Gasteiger partial charge in [0.15, 0.2) is 0 Å². The third kappa shape index (κ3) is 1.94. The minimum absolute atomic E-state index is 0. The molecule has 0 radical (unpaired) electrons. The predicted molar refractivity (Wildman–Crippen MR) is 67.9 cm³/mol. The van der Waals surface area contributed by atoms with Crippen LogP contribution in [0.3, 0.4) is 0 Å². The number of anilines is 1. The Morgan fingerprint density at radius 1 is 1.38 bits per heavy atom. The number of nitrogens with one attached hydrogen (secondary N) is 1. The SMILES string of the molecule is CC1(C)CNc2ccc(I)cc21.Cl. The van der Waals surface area contributed by atoms with Crippen LogP contribution in [-0.2, 0) is 5.41 Å². The van der Waals surface area contributed by atoms with E-state index in [-0.39, 0.29) is 12.4 Å². The van der Waals surface area contributed by atoms with Gasteiger partial charge in [0.05, 0.1) is 0 Å². The van der Waals surface area contributed by atoms with Gasteiger partial charge in [-0.3, -0.25) is 0 Å². The maximum atomic E-state index is 3.41. The van der Waals surface area contributed by atoms with Crippen LogP contribution in [0.5, 0.6) is 0 Å². The van der Waals surface area contributed by atoms with Gasteiger partial charge in [-0.05, 0) is 46.4 Å². The summed E-state index contributed by atoms with van der Waals surface area (Å²) in [6, 6.07) is 6.59. The van der Waals surface area contributed by atoms with E-state index in [0.717, 1.165) is 6.54 Å². The average molecular weight is 310 g/mol. The lowest BCUT2D eigenvalue weighted by Gasteiger charge is -2.16. The Kier molecular flexibility index (Phi) is 3.12. The maximum Gasteiger partial charge on any atom is 0.0379 e. The van der Waals surface area contributed by atoms with Gasteiger partial charge in [0.25, 0.3) is 0 Å². The molecule has 1 aliphatic heterocycles. The van der Waals surface area contributed by atoms with Crippen molar-refractivity contribution in [3.63, 3.8) is 0 Å². The lowest BCUT2D eigenvalue weighted by atomic mass is 9.87. The normalized spacial score (nSPS) is 17.2. The Balaban J connectivity index is 0.000000845. The number of fused-ring (bicyclic) bond motifs is 1. The van der Waals surface area contributed by atoms with E-state index in [1.54, 1.807) is 0 Å². The third-order valence-corrected chi connectivity index (χ3v) is 3.10. The molecule has 0 spiro atoms. The second kappa shape index (κ2) is 3.65. The summed E-state index contributed by atoms with van der Waals surface area (Å²) in [5, 5.41) is 3.41. The van der Waals surface area contributed by atoms with E-state index in [0.29, 0.717) is 5.41 Å². The Bertz CT molecular complexity index is 323. The van der Waals surface area contributed by atoms with E-state index >= 15 is 0 Å². The molecular formula is C10H13ClIN. The summed E-state index contributed by atoms with van der Waals surface area (Å²) in [4.78, 5) is 0.